The zero-order chi connectivity index (χ0) is 15.7. The van der Waals surface area contributed by atoms with Crippen LogP contribution in [0, 0.1) is 0 Å². The molecule has 1 N–H and O–H groups in total. The third-order valence-corrected chi connectivity index (χ3v) is 3.32. The molecular formula is C16H26N2O3. The van der Waals surface area contributed by atoms with Gasteiger partial charge in [-0.2, -0.15) is 0 Å². The van der Waals surface area contributed by atoms with Crippen molar-refractivity contribution in [2.24, 2.45) is 0 Å². The Morgan fingerprint density at radius 3 is 2.62 bits per heavy atom. The van der Waals surface area contributed by atoms with Crippen molar-refractivity contribution in [2.45, 2.75) is 52.1 Å². The molecule has 1 aromatic heterocycles. The van der Waals surface area contributed by atoms with Crippen molar-refractivity contribution >= 4 is 11.6 Å². The number of hydrogen-bond acceptors (Lipinski definition) is 4. The highest BCUT2D eigenvalue weighted by Crippen LogP contribution is 2.22. The normalized spacial score (nSPS) is 13.5. The average molecular weight is 294 g/mol. The number of hydrogen-bond donors (Lipinski definition) is 1. The molecule has 118 valence electrons. The SMILES string of the molecule is CCCCC(C)(OCCC)C(=O)Nc1ccc(OC)nc1. The first-order valence-electron chi connectivity index (χ1n) is 7.51. The van der Waals surface area contributed by atoms with Gasteiger partial charge in [0.15, 0.2) is 0 Å². The molecule has 0 bridgehead atoms. The van der Waals surface area contributed by atoms with E-state index in [1.165, 1.54) is 0 Å². The third-order valence-electron chi connectivity index (χ3n) is 3.32. The van der Waals surface area contributed by atoms with E-state index in [4.69, 9.17) is 9.47 Å². The topological polar surface area (TPSA) is 60.5 Å². The molecule has 1 rings (SSSR count). The standard InChI is InChI=1S/C16H26N2O3/c1-5-7-10-16(3,21-11-6-2)15(19)18-13-8-9-14(20-4)17-12-13/h8-9,12H,5-7,10-11H2,1-4H3,(H,18,19). The Morgan fingerprint density at radius 2 is 2.10 bits per heavy atom. The minimum absolute atomic E-state index is 0.128. The van der Waals surface area contributed by atoms with Crippen LogP contribution < -0.4 is 10.1 Å². The molecule has 1 atom stereocenters. The number of unbranched alkanes of at least 4 members (excludes halogenated alkanes) is 1. The quantitative estimate of drug-likeness (QED) is 0.758. The van der Waals surface area contributed by atoms with Crippen molar-refractivity contribution < 1.29 is 14.3 Å². The van der Waals surface area contributed by atoms with Crippen LogP contribution in [0.2, 0.25) is 0 Å². The monoisotopic (exact) mass is 294 g/mol. The molecule has 0 saturated heterocycles. The highest BCUT2D eigenvalue weighted by atomic mass is 16.5. The predicted octanol–water partition coefficient (Wildman–Crippen LogP) is 3.40. The summed E-state index contributed by atoms with van der Waals surface area (Å²) < 4.78 is 10.8. The van der Waals surface area contributed by atoms with E-state index in [1.54, 1.807) is 25.4 Å². The summed E-state index contributed by atoms with van der Waals surface area (Å²) in [5.41, 5.74) is -0.157. The molecule has 0 aromatic carbocycles. The molecule has 5 heteroatoms. The van der Waals surface area contributed by atoms with Crippen LogP contribution in [0.5, 0.6) is 5.88 Å². The van der Waals surface area contributed by atoms with Crippen molar-refractivity contribution in [1.29, 1.82) is 0 Å². The number of carbonyl (C=O) groups excluding carboxylic acids is 1. The van der Waals surface area contributed by atoms with Crippen LogP contribution in [0.15, 0.2) is 18.3 Å². The Morgan fingerprint density at radius 1 is 1.33 bits per heavy atom. The zero-order valence-corrected chi connectivity index (χ0v) is 13.4. The number of nitrogens with zero attached hydrogens (tertiary/aromatic N) is 1. The fraction of sp³-hybridized carbons (Fsp3) is 0.625. The molecule has 0 saturated carbocycles. The van der Waals surface area contributed by atoms with Gasteiger partial charge in [-0.05, 0) is 25.8 Å². The Labute approximate surface area is 127 Å². The molecule has 0 aliphatic rings. The fourth-order valence-corrected chi connectivity index (χ4v) is 1.93. The third kappa shape index (κ3) is 5.34. The van der Waals surface area contributed by atoms with Gasteiger partial charge < -0.3 is 14.8 Å². The zero-order valence-electron chi connectivity index (χ0n) is 13.4. The van der Waals surface area contributed by atoms with Crippen LogP contribution in [0.1, 0.15) is 46.5 Å². The smallest absolute Gasteiger partial charge is 0.256 e. The van der Waals surface area contributed by atoms with Crippen LogP contribution in [0.25, 0.3) is 0 Å². The highest BCUT2D eigenvalue weighted by molar-refractivity contribution is 5.96. The molecule has 0 radical (unpaired) electrons. The lowest BCUT2D eigenvalue weighted by molar-refractivity contribution is -0.140. The number of amides is 1. The molecule has 21 heavy (non-hydrogen) atoms. The predicted molar refractivity (Wildman–Crippen MR) is 83.6 cm³/mol. The Kier molecular flexibility index (Phi) is 7.15. The van der Waals surface area contributed by atoms with E-state index in [9.17, 15) is 4.79 Å². The van der Waals surface area contributed by atoms with Crippen LogP contribution in [-0.2, 0) is 9.53 Å². The van der Waals surface area contributed by atoms with Crippen molar-refractivity contribution in [2.75, 3.05) is 19.0 Å². The van der Waals surface area contributed by atoms with Gasteiger partial charge in [0, 0.05) is 12.7 Å². The van der Waals surface area contributed by atoms with Gasteiger partial charge in [-0.1, -0.05) is 26.7 Å². The van der Waals surface area contributed by atoms with Gasteiger partial charge in [0.1, 0.15) is 5.60 Å². The van der Waals surface area contributed by atoms with Gasteiger partial charge in [-0.15, -0.1) is 0 Å². The summed E-state index contributed by atoms with van der Waals surface area (Å²) in [6.45, 7) is 6.57. The second kappa shape index (κ2) is 8.62. The van der Waals surface area contributed by atoms with Crippen LogP contribution in [-0.4, -0.2) is 30.2 Å². The molecule has 0 spiro atoms. The molecular weight excluding hydrogens is 268 g/mol. The van der Waals surface area contributed by atoms with Crippen molar-refractivity contribution in [3.63, 3.8) is 0 Å². The first-order chi connectivity index (χ1) is 10.1. The summed E-state index contributed by atoms with van der Waals surface area (Å²) in [5.74, 6) is 0.389. The number of rotatable bonds is 9. The van der Waals surface area contributed by atoms with Gasteiger partial charge in [-0.25, -0.2) is 4.98 Å². The minimum atomic E-state index is -0.800. The van der Waals surface area contributed by atoms with Crippen molar-refractivity contribution in [1.82, 2.24) is 4.98 Å². The van der Waals surface area contributed by atoms with Gasteiger partial charge in [0.25, 0.3) is 5.91 Å². The van der Waals surface area contributed by atoms with Gasteiger partial charge >= 0.3 is 0 Å². The van der Waals surface area contributed by atoms with Gasteiger partial charge in [0.2, 0.25) is 5.88 Å². The second-order valence-electron chi connectivity index (χ2n) is 5.23. The lowest BCUT2D eigenvalue weighted by atomic mass is 9.97. The van der Waals surface area contributed by atoms with E-state index < -0.39 is 5.60 Å². The molecule has 1 unspecified atom stereocenters. The minimum Gasteiger partial charge on any atom is -0.481 e. The highest BCUT2D eigenvalue weighted by Gasteiger charge is 2.33. The summed E-state index contributed by atoms with van der Waals surface area (Å²) >= 11 is 0. The lowest BCUT2D eigenvalue weighted by Crippen LogP contribution is -2.43. The first-order valence-corrected chi connectivity index (χ1v) is 7.51. The van der Waals surface area contributed by atoms with Crippen LogP contribution >= 0.6 is 0 Å². The summed E-state index contributed by atoms with van der Waals surface area (Å²) in [6.07, 6.45) is 5.16. The number of pyridine rings is 1. The second-order valence-corrected chi connectivity index (χ2v) is 5.23. The van der Waals surface area contributed by atoms with Gasteiger partial charge in [-0.3, -0.25) is 4.79 Å². The van der Waals surface area contributed by atoms with E-state index in [-0.39, 0.29) is 5.91 Å². The molecule has 1 heterocycles. The van der Waals surface area contributed by atoms with Crippen LogP contribution in [0.4, 0.5) is 5.69 Å². The van der Waals surface area contributed by atoms with Gasteiger partial charge in [0.05, 0.1) is 19.0 Å². The number of anilines is 1. The number of methoxy groups -OCH3 is 1. The molecule has 5 nitrogen and oxygen atoms in total. The van der Waals surface area contributed by atoms with E-state index in [1.807, 2.05) is 13.8 Å². The molecule has 0 fully saturated rings. The number of nitrogens with one attached hydrogen (secondary N) is 1. The summed E-state index contributed by atoms with van der Waals surface area (Å²) in [6, 6.07) is 3.48. The summed E-state index contributed by atoms with van der Waals surface area (Å²) in [5, 5.41) is 2.87. The molecule has 0 aliphatic carbocycles. The molecule has 0 aliphatic heterocycles. The average Bonchev–Trinajstić information content (AvgIpc) is 2.51. The fourth-order valence-electron chi connectivity index (χ4n) is 1.93. The Balaban J connectivity index is 2.73. The summed E-state index contributed by atoms with van der Waals surface area (Å²) in [4.78, 5) is 16.6. The lowest BCUT2D eigenvalue weighted by Gasteiger charge is -2.28. The van der Waals surface area contributed by atoms with Crippen molar-refractivity contribution in [3.05, 3.63) is 18.3 Å². The maximum absolute atomic E-state index is 12.5. The van der Waals surface area contributed by atoms with E-state index >= 15 is 0 Å². The summed E-state index contributed by atoms with van der Waals surface area (Å²) in [7, 11) is 1.56. The van der Waals surface area contributed by atoms with E-state index in [2.05, 4.69) is 17.2 Å². The number of carbonyl (C=O) groups is 1. The Bertz CT molecular complexity index is 424. The largest absolute Gasteiger partial charge is 0.481 e. The number of ether oxygens (including phenoxy) is 2. The van der Waals surface area contributed by atoms with E-state index in [0.717, 1.165) is 19.3 Å². The molecule has 1 aromatic rings. The van der Waals surface area contributed by atoms with Crippen LogP contribution in [0.3, 0.4) is 0 Å². The maximum atomic E-state index is 12.5. The number of aromatic nitrogens is 1. The Hall–Kier alpha value is -1.62. The van der Waals surface area contributed by atoms with Crippen molar-refractivity contribution in [3.8, 4) is 5.88 Å². The molecule has 1 amide bonds. The maximum Gasteiger partial charge on any atom is 0.256 e. The first kappa shape index (κ1) is 17.4. The van der Waals surface area contributed by atoms with E-state index in [0.29, 0.717) is 24.6 Å².